The molecule has 8 heteroatoms. The van der Waals surface area contributed by atoms with Crippen molar-refractivity contribution in [2.24, 2.45) is 12.0 Å². The summed E-state index contributed by atoms with van der Waals surface area (Å²) in [6.07, 6.45) is 0. The number of aliphatic imine (C=N–C) groups is 1. The van der Waals surface area contributed by atoms with Gasteiger partial charge in [-0.3, -0.25) is 9.58 Å². The van der Waals surface area contributed by atoms with Crippen LogP contribution in [0.5, 0.6) is 5.75 Å². The van der Waals surface area contributed by atoms with Gasteiger partial charge in [-0.1, -0.05) is 18.2 Å². The monoisotopic (exact) mass is 428 g/mol. The molecule has 1 fully saturated rings. The molecule has 0 aliphatic carbocycles. The highest BCUT2D eigenvalue weighted by Gasteiger charge is 2.12. The van der Waals surface area contributed by atoms with Gasteiger partial charge in [0.2, 0.25) is 0 Å². The summed E-state index contributed by atoms with van der Waals surface area (Å²) in [7, 11) is 1.97. The van der Waals surface area contributed by atoms with E-state index in [1.165, 1.54) is 11.3 Å². The van der Waals surface area contributed by atoms with Crippen LogP contribution in [0.25, 0.3) is 0 Å². The fraction of sp³-hybridized carbons (Fsp3) is 0.565. The average Bonchev–Trinajstić information content (AvgIpc) is 3.02. The third-order valence-electron chi connectivity index (χ3n) is 5.58. The maximum absolute atomic E-state index is 6.09. The van der Waals surface area contributed by atoms with Gasteiger partial charge in [-0.2, -0.15) is 5.10 Å². The zero-order valence-electron chi connectivity index (χ0n) is 19.3. The van der Waals surface area contributed by atoms with Crippen molar-refractivity contribution in [2.45, 2.75) is 33.9 Å². The van der Waals surface area contributed by atoms with Gasteiger partial charge in [0, 0.05) is 56.6 Å². The highest BCUT2D eigenvalue weighted by atomic mass is 16.5. The van der Waals surface area contributed by atoms with Crippen LogP contribution in [0.2, 0.25) is 0 Å². The van der Waals surface area contributed by atoms with Crippen LogP contribution in [0, 0.1) is 13.8 Å². The topological polar surface area (TPSA) is 75.9 Å². The molecule has 1 saturated heterocycles. The maximum atomic E-state index is 6.09. The molecule has 0 saturated carbocycles. The van der Waals surface area contributed by atoms with E-state index in [0.29, 0.717) is 19.7 Å². The number of nitrogens with zero attached hydrogens (tertiary/aromatic N) is 4. The first-order valence-corrected chi connectivity index (χ1v) is 11.1. The summed E-state index contributed by atoms with van der Waals surface area (Å²) in [4.78, 5) is 7.16. The lowest BCUT2D eigenvalue weighted by Crippen LogP contribution is -2.38. The summed E-state index contributed by atoms with van der Waals surface area (Å²) >= 11 is 0. The number of guanidine groups is 1. The Balaban J connectivity index is 1.58. The standard InChI is InChI=1S/C23H36N6O2/c1-5-24-23(26-17-21-18(2)27-28(4)19(21)3)25-16-20-8-6-7-9-22(20)31-15-12-29-10-13-30-14-11-29/h6-9H,5,10-17H2,1-4H3,(H2,24,25,26). The number of nitrogens with one attached hydrogen (secondary N) is 2. The molecule has 2 aromatic rings. The van der Waals surface area contributed by atoms with E-state index in [9.17, 15) is 0 Å². The second kappa shape index (κ2) is 11.7. The average molecular weight is 429 g/mol. The van der Waals surface area contributed by atoms with Crippen LogP contribution in [0.1, 0.15) is 29.4 Å². The summed E-state index contributed by atoms with van der Waals surface area (Å²) in [6, 6.07) is 8.14. The number of aryl methyl sites for hydroxylation is 2. The smallest absolute Gasteiger partial charge is 0.191 e. The summed E-state index contributed by atoms with van der Waals surface area (Å²) in [5, 5.41) is 11.3. The van der Waals surface area contributed by atoms with Gasteiger partial charge in [0.1, 0.15) is 12.4 Å². The summed E-state index contributed by atoms with van der Waals surface area (Å²) in [5.41, 5.74) is 4.50. The fourth-order valence-corrected chi connectivity index (χ4v) is 3.64. The molecule has 3 rings (SSSR count). The maximum Gasteiger partial charge on any atom is 0.191 e. The van der Waals surface area contributed by atoms with E-state index >= 15 is 0 Å². The second-order valence-electron chi connectivity index (χ2n) is 7.73. The van der Waals surface area contributed by atoms with Gasteiger partial charge < -0.3 is 20.1 Å². The molecule has 0 amide bonds. The Hall–Kier alpha value is -2.58. The number of hydrogen-bond donors (Lipinski definition) is 2. The minimum absolute atomic E-state index is 0.550. The Labute approximate surface area is 185 Å². The SMILES string of the molecule is CCNC(=NCc1ccccc1OCCN1CCOCC1)NCc1c(C)nn(C)c1C. The number of benzene rings is 1. The molecule has 1 aliphatic heterocycles. The Morgan fingerprint density at radius 1 is 1.19 bits per heavy atom. The van der Waals surface area contributed by atoms with E-state index in [0.717, 1.165) is 62.4 Å². The van der Waals surface area contributed by atoms with Gasteiger partial charge in [-0.15, -0.1) is 0 Å². The van der Waals surface area contributed by atoms with Crippen molar-refractivity contribution in [3.05, 3.63) is 46.8 Å². The molecule has 1 aromatic heterocycles. The highest BCUT2D eigenvalue weighted by Crippen LogP contribution is 2.19. The molecular formula is C23H36N6O2. The van der Waals surface area contributed by atoms with E-state index in [2.05, 4.69) is 40.5 Å². The number of morpholine rings is 1. The van der Waals surface area contributed by atoms with Crippen LogP contribution < -0.4 is 15.4 Å². The van der Waals surface area contributed by atoms with E-state index in [-0.39, 0.29) is 0 Å². The van der Waals surface area contributed by atoms with E-state index in [1.54, 1.807) is 0 Å². The lowest BCUT2D eigenvalue weighted by molar-refractivity contribution is 0.0322. The zero-order valence-corrected chi connectivity index (χ0v) is 19.3. The minimum atomic E-state index is 0.550. The first-order chi connectivity index (χ1) is 15.1. The minimum Gasteiger partial charge on any atom is -0.492 e. The molecule has 1 aliphatic rings. The molecule has 8 nitrogen and oxygen atoms in total. The molecule has 0 unspecified atom stereocenters. The molecule has 2 N–H and O–H groups in total. The summed E-state index contributed by atoms with van der Waals surface area (Å²) in [5.74, 6) is 1.68. The predicted octanol–water partition coefficient (Wildman–Crippen LogP) is 2.00. The van der Waals surface area contributed by atoms with Crippen molar-refractivity contribution in [2.75, 3.05) is 46.0 Å². The van der Waals surface area contributed by atoms with Gasteiger partial charge in [-0.25, -0.2) is 4.99 Å². The second-order valence-corrected chi connectivity index (χ2v) is 7.73. The number of hydrogen-bond acceptors (Lipinski definition) is 5. The van der Waals surface area contributed by atoms with Crippen LogP contribution in [0.15, 0.2) is 29.3 Å². The quantitative estimate of drug-likeness (QED) is 0.470. The molecule has 0 bridgehead atoms. The van der Waals surface area contributed by atoms with Crippen LogP contribution in [0.4, 0.5) is 0 Å². The first kappa shape index (κ1) is 23.1. The number of ether oxygens (including phenoxy) is 2. The highest BCUT2D eigenvalue weighted by molar-refractivity contribution is 5.79. The van der Waals surface area contributed by atoms with Crippen molar-refractivity contribution in [1.82, 2.24) is 25.3 Å². The number of aromatic nitrogens is 2. The Kier molecular flexibility index (Phi) is 8.73. The van der Waals surface area contributed by atoms with Gasteiger partial charge in [-0.05, 0) is 26.8 Å². The first-order valence-electron chi connectivity index (χ1n) is 11.1. The molecule has 0 spiro atoms. The molecule has 170 valence electrons. The van der Waals surface area contributed by atoms with Crippen molar-refractivity contribution in [3.8, 4) is 5.75 Å². The van der Waals surface area contributed by atoms with Crippen molar-refractivity contribution in [1.29, 1.82) is 0 Å². The fourth-order valence-electron chi connectivity index (χ4n) is 3.64. The zero-order chi connectivity index (χ0) is 22.1. The Bertz CT molecular complexity index is 858. The number of para-hydroxylation sites is 1. The van der Waals surface area contributed by atoms with E-state index < -0.39 is 0 Å². The van der Waals surface area contributed by atoms with E-state index in [1.807, 2.05) is 36.9 Å². The lowest BCUT2D eigenvalue weighted by Gasteiger charge is -2.26. The predicted molar refractivity (Wildman–Crippen MR) is 124 cm³/mol. The molecule has 31 heavy (non-hydrogen) atoms. The van der Waals surface area contributed by atoms with Crippen LogP contribution >= 0.6 is 0 Å². The van der Waals surface area contributed by atoms with Gasteiger partial charge in [0.25, 0.3) is 0 Å². The van der Waals surface area contributed by atoms with Gasteiger partial charge in [0.05, 0.1) is 25.5 Å². The molecular weight excluding hydrogens is 392 g/mol. The van der Waals surface area contributed by atoms with Crippen molar-refractivity contribution < 1.29 is 9.47 Å². The van der Waals surface area contributed by atoms with Crippen molar-refractivity contribution >= 4 is 5.96 Å². The third-order valence-corrected chi connectivity index (χ3v) is 5.58. The van der Waals surface area contributed by atoms with Crippen LogP contribution in [0.3, 0.4) is 0 Å². The Morgan fingerprint density at radius 3 is 2.68 bits per heavy atom. The molecule has 1 aromatic carbocycles. The van der Waals surface area contributed by atoms with Crippen LogP contribution in [-0.4, -0.2) is 66.6 Å². The molecule has 0 radical (unpaired) electrons. The van der Waals surface area contributed by atoms with Crippen molar-refractivity contribution in [3.63, 3.8) is 0 Å². The lowest BCUT2D eigenvalue weighted by atomic mass is 10.2. The normalized spacial score (nSPS) is 15.2. The largest absolute Gasteiger partial charge is 0.492 e. The number of rotatable bonds is 9. The van der Waals surface area contributed by atoms with Gasteiger partial charge >= 0.3 is 0 Å². The molecule has 2 heterocycles. The summed E-state index contributed by atoms with van der Waals surface area (Å²) in [6.45, 7) is 13.4. The Morgan fingerprint density at radius 2 is 1.97 bits per heavy atom. The van der Waals surface area contributed by atoms with E-state index in [4.69, 9.17) is 14.5 Å². The summed E-state index contributed by atoms with van der Waals surface area (Å²) < 4.78 is 13.4. The molecule has 0 atom stereocenters. The van der Waals surface area contributed by atoms with Gasteiger partial charge in [0.15, 0.2) is 5.96 Å². The third kappa shape index (κ3) is 6.70. The van der Waals surface area contributed by atoms with Crippen LogP contribution in [-0.2, 0) is 24.9 Å².